The Morgan fingerprint density at radius 1 is 1.29 bits per heavy atom. The topological polar surface area (TPSA) is 114 Å². The van der Waals surface area contributed by atoms with Crippen LogP contribution in [0.5, 0.6) is 0 Å². The number of hydrogen-bond donors (Lipinski definition) is 2. The summed E-state index contributed by atoms with van der Waals surface area (Å²) in [6.45, 7) is 7.37. The Balaban J connectivity index is 2.25. The lowest BCUT2D eigenvalue weighted by Gasteiger charge is -2.25. The quantitative estimate of drug-likeness (QED) is 0.797. The molecule has 1 saturated heterocycles. The Kier molecular flexibility index (Phi) is 4.22. The highest BCUT2D eigenvalue weighted by Gasteiger charge is 2.39. The van der Waals surface area contributed by atoms with Gasteiger partial charge in [0.05, 0.1) is 17.0 Å². The van der Waals surface area contributed by atoms with Crippen LogP contribution in [0.15, 0.2) is 0 Å². The van der Waals surface area contributed by atoms with Gasteiger partial charge in [-0.25, -0.2) is 8.42 Å². The number of nitrogen functional groups attached to an aromatic ring is 1. The molecule has 1 atom stereocenters. The van der Waals surface area contributed by atoms with Crippen LogP contribution in [0.4, 0.5) is 17.8 Å². The van der Waals surface area contributed by atoms with Crippen LogP contribution in [0.2, 0.25) is 0 Å². The summed E-state index contributed by atoms with van der Waals surface area (Å²) in [5.41, 5.74) is 5.17. The smallest absolute Gasteiger partial charge is 0.231 e. The molecule has 1 aliphatic heterocycles. The molecular weight excluding hydrogens is 292 g/mol. The molecule has 0 spiro atoms. The second-order valence-corrected chi connectivity index (χ2v) is 7.70. The van der Waals surface area contributed by atoms with Gasteiger partial charge in [-0.15, -0.1) is 0 Å². The summed E-state index contributed by atoms with van der Waals surface area (Å²) in [5.74, 6) is 1.20. The number of aromatic nitrogens is 3. The third-order valence-corrected chi connectivity index (χ3v) is 5.51. The van der Waals surface area contributed by atoms with Crippen LogP contribution in [-0.2, 0) is 9.84 Å². The van der Waals surface area contributed by atoms with E-state index in [4.69, 9.17) is 5.73 Å². The van der Waals surface area contributed by atoms with Gasteiger partial charge < -0.3 is 16.0 Å². The number of rotatable bonds is 5. The van der Waals surface area contributed by atoms with Crippen molar-refractivity contribution in [2.75, 3.05) is 40.5 Å². The molecule has 0 amide bonds. The van der Waals surface area contributed by atoms with Gasteiger partial charge in [-0.05, 0) is 27.2 Å². The molecule has 2 rings (SSSR count). The Bertz CT molecular complexity index is 616. The van der Waals surface area contributed by atoms with Gasteiger partial charge in [-0.1, -0.05) is 0 Å². The highest BCUT2D eigenvalue weighted by molar-refractivity contribution is 7.91. The van der Waals surface area contributed by atoms with E-state index in [-0.39, 0.29) is 17.5 Å². The van der Waals surface area contributed by atoms with Crippen molar-refractivity contribution in [3.63, 3.8) is 0 Å². The zero-order valence-electron chi connectivity index (χ0n) is 12.6. The first kappa shape index (κ1) is 15.7. The lowest BCUT2D eigenvalue weighted by Crippen LogP contribution is -2.37. The van der Waals surface area contributed by atoms with E-state index in [2.05, 4.69) is 20.3 Å². The van der Waals surface area contributed by atoms with Gasteiger partial charge in [-0.2, -0.15) is 15.0 Å². The van der Waals surface area contributed by atoms with Gasteiger partial charge in [0.15, 0.2) is 9.84 Å². The van der Waals surface area contributed by atoms with Crippen LogP contribution in [-0.4, -0.2) is 53.5 Å². The van der Waals surface area contributed by atoms with Gasteiger partial charge in [0.2, 0.25) is 17.8 Å². The molecule has 1 aliphatic rings. The first-order chi connectivity index (χ1) is 9.77. The predicted octanol–water partition coefficient (Wildman–Crippen LogP) is 0.289. The van der Waals surface area contributed by atoms with Crippen molar-refractivity contribution >= 4 is 27.7 Å². The average molecular weight is 314 g/mol. The first-order valence-electron chi connectivity index (χ1n) is 7.02. The van der Waals surface area contributed by atoms with Crippen molar-refractivity contribution in [3.05, 3.63) is 0 Å². The molecule has 0 radical (unpaired) electrons. The van der Waals surface area contributed by atoms with E-state index < -0.39 is 15.4 Å². The van der Waals surface area contributed by atoms with E-state index in [1.54, 1.807) is 0 Å². The monoisotopic (exact) mass is 314 g/mol. The zero-order chi connectivity index (χ0) is 15.7. The maximum atomic E-state index is 11.6. The van der Waals surface area contributed by atoms with Crippen LogP contribution in [0.25, 0.3) is 0 Å². The van der Waals surface area contributed by atoms with Crippen LogP contribution < -0.4 is 16.0 Å². The standard InChI is InChI=1S/C12H22N6O2S/c1-4-18(5-2)11-15-9(13)14-10(16-11)17-12(3)6-7-21(19,20)8-12/h4-8H2,1-3H3,(H3,13,14,15,16,17). The molecule has 3 N–H and O–H groups in total. The third kappa shape index (κ3) is 3.72. The fourth-order valence-corrected chi connectivity index (χ4v) is 4.56. The molecule has 0 saturated carbocycles. The molecule has 0 aliphatic carbocycles. The zero-order valence-corrected chi connectivity index (χ0v) is 13.4. The number of nitrogens with zero attached hydrogens (tertiary/aromatic N) is 4. The Labute approximate surface area is 125 Å². The number of nitrogens with two attached hydrogens (primary N) is 1. The highest BCUT2D eigenvalue weighted by Crippen LogP contribution is 2.26. The summed E-state index contributed by atoms with van der Waals surface area (Å²) in [7, 11) is -3.00. The van der Waals surface area contributed by atoms with E-state index in [1.165, 1.54) is 0 Å². The van der Waals surface area contributed by atoms with Gasteiger partial charge in [0.25, 0.3) is 0 Å². The maximum absolute atomic E-state index is 11.6. The van der Waals surface area contributed by atoms with Gasteiger partial charge in [0, 0.05) is 13.1 Å². The second kappa shape index (κ2) is 5.63. The predicted molar refractivity (Wildman–Crippen MR) is 83.1 cm³/mol. The third-order valence-electron chi connectivity index (χ3n) is 3.60. The number of sulfone groups is 1. The summed E-state index contributed by atoms with van der Waals surface area (Å²) in [5, 5.41) is 3.11. The normalized spacial score (nSPS) is 24.0. The number of hydrogen-bond acceptors (Lipinski definition) is 8. The van der Waals surface area contributed by atoms with Crippen molar-refractivity contribution in [1.29, 1.82) is 0 Å². The minimum Gasteiger partial charge on any atom is -0.368 e. The molecule has 1 fully saturated rings. The van der Waals surface area contributed by atoms with Crippen LogP contribution in [0, 0.1) is 0 Å². The van der Waals surface area contributed by atoms with Gasteiger partial charge in [0.1, 0.15) is 0 Å². The number of anilines is 3. The minimum absolute atomic E-state index is 0.0756. The lowest BCUT2D eigenvalue weighted by molar-refractivity contribution is 0.569. The largest absolute Gasteiger partial charge is 0.368 e. The minimum atomic E-state index is -3.00. The molecular formula is C12H22N6O2S. The molecule has 0 aromatic carbocycles. The van der Waals surface area contributed by atoms with E-state index in [9.17, 15) is 8.42 Å². The molecule has 21 heavy (non-hydrogen) atoms. The fraction of sp³-hybridized carbons (Fsp3) is 0.750. The molecule has 9 heteroatoms. The van der Waals surface area contributed by atoms with Gasteiger partial charge in [-0.3, -0.25) is 0 Å². The molecule has 1 aromatic rings. The van der Waals surface area contributed by atoms with Crippen LogP contribution in [0.3, 0.4) is 0 Å². The second-order valence-electron chi connectivity index (χ2n) is 5.52. The molecule has 8 nitrogen and oxygen atoms in total. The van der Waals surface area contributed by atoms with Crippen LogP contribution in [0.1, 0.15) is 27.2 Å². The van der Waals surface area contributed by atoms with Crippen molar-refractivity contribution in [1.82, 2.24) is 15.0 Å². The Hall–Kier alpha value is -1.64. The first-order valence-corrected chi connectivity index (χ1v) is 8.84. The molecule has 1 unspecified atom stereocenters. The Morgan fingerprint density at radius 2 is 1.95 bits per heavy atom. The lowest BCUT2D eigenvalue weighted by atomic mass is 10.0. The SMILES string of the molecule is CCN(CC)c1nc(N)nc(NC2(C)CCS(=O)(=O)C2)n1. The fourth-order valence-electron chi connectivity index (χ4n) is 2.46. The molecule has 0 bridgehead atoms. The molecule has 1 aromatic heterocycles. The summed E-state index contributed by atoms with van der Waals surface area (Å²) < 4.78 is 23.3. The van der Waals surface area contributed by atoms with Gasteiger partial charge >= 0.3 is 0 Å². The van der Waals surface area contributed by atoms with Crippen molar-refractivity contribution in [3.8, 4) is 0 Å². The van der Waals surface area contributed by atoms with E-state index in [1.807, 2.05) is 25.7 Å². The Morgan fingerprint density at radius 3 is 2.48 bits per heavy atom. The van der Waals surface area contributed by atoms with E-state index in [0.29, 0.717) is 18.3 Å². The highest BCUT2D eigenvalue weighted by atomic mass is 32.2. The number of nitrogens with one attached hydrogen (secondary N) is 1. The summed E-state index contributed by atoms with van der Waals surface area (Å²) >= 11 is 0. The average Bonchev–Trinajstić information content (AvgIpc) is 2.64. The summed E-state index contributed by atoms with van der Waals surface area (Å²) in [4.78, 5) is 14.5. The van der Waals surface area contributed by atoms with Crippen molar-refractivity contribution < 1.29 is 8.42 Å². The maximum Gasteiger partial charge on any atom is 0.231 e. The molecule has 118 valence electrons. The molecule has 2 heterocycles. The van der Waals surface area contributed by atoms with Crippen LogP contribution >= 0.6 is 0 Å². The summed E-state index contributed by atoms with van der Waals surface area (Å²) in [6.07, 6.45) is 0.529. The van der Waals surface area contributed by atoms with E-state index in [0.717, 1.165) is 13.1 Å². The van der Waals surface area contributed by atoms with Crippen molar-refractivity contribution in [2.45, 2.75) is 32.7 Å². The van der Waals surface area contributed by atoms with E-state index >= 15 is 0 Å². The summed E-state index contributed by atoms with van der Waals surface area (Å²) in [6, 6.07) is 0. The van der Waals surface area contributed by atoms with Crippen molar-refractivity contribution in [2.24, 2.45) is 0 Å².